The summed E-state index contributed by atoms with van der Waals surface area (Å²) in [4.78, 5) is 18.4. The molecule has 0 spiro atoms. The van der Waals surface area contributed by atoms with Gasteiger partial charge in [0.05, 0.1) is 5.56 Å². The molecule has 1 aromatic carbocycles. The summed E-state index contributed by atoms with van der Waals surface area (Å²) in [5, 5.41) is 0. The van der Waals surface area contributed by atoms with Crippen LogP contribution < -0.4 is 4.90 Å². The molecule has 0 saturated carbocycles. The largest absolute Gasteiger partial charge is 0.326 e. The number of ketones is 1. The number of carbonyl (C=O) groups is 1. The van der Waals surface area contributed by atoms with Gasteiger partial charge < -0.3 is 4.90 Å². The van der Waals surface area contributed by atoms with Gasteiger partial charge in [-0.1, -0.05) is 31.5 Å². The molecule has 0 aliphatic rings. The van der Waals surface area contributed by atoms with Crippen LogP contribution in [0.25, 0.3) is 0 Å². The van der Waals surface area contributed by atoms with Gasteiger partial charge in [-0.2, -0.15) is 0 Å². The number of aromatic nitrogens is 1. The van der Waals surface area contributed by atoms with Crippen molar-refractivity contribution in [1.29, 1.82) is 0 Å². The molecule has 0 amide bonds. The fraction of sp³-hybridized carbons (Fsp3) is 0.294. The van der Waals surface area contributed by atoms with Crippen LogP contribution in [0.4, 0.5) is 11.5 Å². The molecule has 3 heteroatoms. The molecule has 2 aromatic rings. The molecule has 0 N–H and O–H groups in total. The molecule has 0 saturated heterocycles. The minimum absolute atomic E-state index is 0.0468. The van der Waals surface area contributed by atoms with Crippen LogP contribution in [0.15, 0.2) is 48.7 Å². The molecule has 0 bridgehead atoms. The van der Waals surface area contributed by atoms with E-state index in [1.807, 2.05) is 42.5 Å². The topological polar surface area (TPSA) is 33.2 Å². The van der Waals surface area contributed by atoms with Crippen LogP contribution >= 0.6 is 0 Å². The van der Waals surface area contributed by atoms with Gasteiger partial charge in [0.15, 0.2) is 5.78 Å². The summed E-state index contributed by atoms with van der Waals surface area (Å²) in [6, 6.07) is 13.7. The summed E-state index contributed by atoms with van der Waals surface area (Å²) < 4.78 is 0. The predicted octanol–water partition coefficient (Wildman–Crippen LogP) is 4.22. The Morgan fingerprint density at radius 2 is 1.90 bits per heavy atom. The van der Waals surface area contributed by atoms with Crippen molar-refractivity contribution in [3.05, 3.63) is 54.2 Å². The second kappa shape index (κ2) is 6.85. The van der Waals surface area contributed by atoms with Crippen LogP contribution in [0.1, 0.15) is 37.0 Å². The van der Waals surface area contributed by atoms with Crippen molar-refractivity contribution in [3.8, 4) is 0 Å². The predicted molar refractivity (Wildman–Crippen MR) is 82.6 cm³/mol. The van der Waals surface area contributed by atoms with Crippen molar-refractivity contribution in [2.45, 2.75) is 26.7 Å². The number of pyridine rings is 1. The lowest BCUT2D eigenvalue weighted by Gasteiger charge is -2.25. The van der Waals surface area contributed by atoms with Crippen molar-refractivity contribution in [1.82, 2.24) is 4.98 Å². The van der Waals surface area contributed by atoms with E-state index in [4.69, 9.17) is 0 Å². The van der Waals surface area contributed by atoms with Gasteiger partial charge in [-0.15, -0.1) is 0 Å². The zero-order valence-electron chi connectivity index (χ0n) is 12.0. The lowest BCUT2D eigenvalue weighted by molar-refractivity contribution is 0.101. The Labute approximate surface area is 120 Å². The molecule has 20 heavy (non-hydrogen) atoms. The Bertz CT molecular complexity index is 566. The summed E-state index contributed by atoms with van der Waals surface area (Å²) in [5.41, 5.74) is 1.75. The minimum Gasteiger partial charge on any atom is -0.326 e. The molecule has 0 fully saturated rings. The second-order valence-corrected chi connectivity index (χ2v) is 4.77. The monoisotopic (exact) mass is 268 g/mol. The van der Waals surface area contributed by atoms with Crippen molar-refractivity contribution in [3.63, 3.8) is 0 Å². The summed E-state index contributed by atoms with van der Waals surface area (Å²) in [6.07, 6.45) is 3.90. The van der Waals surface area contributed by atoms with E-state index in [9.17, 15) is 4.79 Å². The molecule has 3 nitrogen and oxygen atoms in total. The van der Waals surface area contributed by atoms with Gasteiger partial charge in [0.1, 0.15) is 5.82 Å². The Morgan fingerprint density at radius 3 is 2.55 bits per heavy atom. The normalized spacial score (nSPS) is 10.3. The smallest absolute Gasteiger partial charge is 0.163 e. The van der Waals surface area contributed by atoms with Gasteiger partial charge in [0, 0.05) is 18.4 Å². The highest BCUT2D eigenvalue weighted by Gasteiger charge is 2.16. The highest BCUT2D eigenvalue weighted by molar-refractivity contribution is 5.99. The Morgan fingerprint density at radius 1 is 1.15 bits per heavy atom. The zero-order valence-corrected chi connectivity index (χ0v) is 12.0. The molecule has 2 rings (SSSR count). The van der Waals surface area contributed by atoms with E-state index in [2.05, 4.69) is 16.8 Å². The lowest BCUT2D eigenvalue weighted by atomic mass is 10.1. The minimum atomic E-state index is 0.0468. The molecule has 0 atom stereocenters. The Hall–Kier alpha value is -2.16. The van der Waals surface area contributed by atoms with Crippen LogP contribution in [0.3, 0.4) is 0 Å². The van der Waals surface area contributed by atoms with Gasteiger partial charge in [0.2, 0.25) is 0 Å². The number of nitrogens with zero attached hydrogens (tertiary/aromatic N) is 2. The molecule has 0 unspecified atom stereocenters. The van der Waals surface area contributed by atoms with Crippen molar-refractivity contribution in [2.75, 3.05) is 11.4 Å². The summed E-state index contributed by atoms with van der Waals surface area (Å²) >= 11 is 0. The number of carbonyl (C=O) groups excluding carboxylic acids is 1. The lowest BCUT2D eigenvalue weighted by Crippen LogP contribution is -2.21. The Kier molecular flexibility index (Phi) is 4.88. The first kappa shape index (κ1) is 14.3. The van der Waals surface area contributed by atoms with Crippen molar-refractivity contribution >= 4 is 17.3 Å². The average Bonchev–Trinajstić information content (AvgIpc) is 2.49. The van der Waals surface area contributed by atoms with E-state index in [-0.39, 0.29) is 5.78 Å². The number of unbranched alkanes of at least 4 members (excludes halogenated alkanes) is 1. The van der Waals surface area contributed by atoms with E-state index in [0.29, 0.717) is 5.56 Å². The third-order valence-electron chi connectivity index (χ3n) is 3.22. The van der Waals surface area contributed by atoms with Gasteiger partial charge >= 0.3 is 0 Å². The maximum Gasteiger partial charge on any atom is 0.163 e. The highest BCUT2D eigenvalue weighted by atomic mass is 16.1. The Balaban J connectivity index is 2.44. The first-order valence-corrected chi connectivity index (χ1v) is 7.02. The van der Waals surface area contributed by atoms with Gasteiger partial charge in [-0.3, -0.25) is 4.79 Å². The van der Waals surface area contributed by atoms with E-state index >= 15 is 0 Å². The number of Topliss-reactive ketones (excluding diaryl/α,β-unsaturated/α-hetero) is 1. The molecule has 1 aromatic heterocycles. The number of rotatable bonds is 6. The molecular formula is C17H20N2O. The van der Waals surface area contributed by atoms with E-state index in [0.717, 1.165) is 30.9 Å². The molecule has 0 aliphatic carbocycles. The van der Waals surface area contributed by atoms with Gasteiger partial charge in [-0.05, 0) is 37.6 Å². The van der Waals surface area contributed by atoms with Crippen LogP contribution in [0.2, 0.25) is 0 Å². The third kappa shape index (κ3) is 3.23. The number of hydrogen-bond acceptors (Lipinski definition) is 3. The fourth-order valence-electron chi connectivity index (χ4n) is 2.17. The molecule has 0 radical (unpaired) electrons. The fourth-order valence-corrected chi connectivity index (χ4v) is 2.17. The number of para-hydroxylation sites is 1. The van der Waals surface area contributed by atoms with E-state index in [1.54, 1.807) is 13.1 Å². The maximum atomic E-state index is 11.8. The zero-order chi connectivity index (χ0) is 14.4. The van der Waals surface area contributed by atoms with Crippen LogP contribution in [0, 0.1) is 0 Å². The summed E-state index contributed by atoms with van der Waals surface area (Å²) in [5.74, 6) is 0.796. The summed E-state index contributed by atoms with van der Waals surface area (Å²) in [6.45, 7) is 4.61. The second-order valence-electron chi connectivity index (χ2n) is 4.77. The molecular weight excluding hydrogens is 248 g/mol. The van der Waals surface area contributed by atoms with Gasteiger partial charge in [0.25, 0.3) is 0 Å². The quantitative estimate of drug-likeness (QED) is 0.735. The van der Waals surface area contributed by atoms with Crippen LogP contribution in [0.5, 0.6) is 0 Å². The van der Waals surface area contributed by atoms with Crippen molar-refractivity contribution in [2.24, 2.45) is 0 Å². The SMILES string of the molecule is CCCCN(c1ccccc1)c1ncccc1C(C)=O. The first-order chi connectivity index (χ1) is 9.74. The third-order valence-corrected chi connectivity index (χ3v) is 3.22. The van der Waals surface area contributed by atoms with E-state index < -0.39 is 0 Å². The molecule has 104 valence electrons. The summed E-state index contributed by atoms with van der Waals surface area (Å²) in [7, 11) is 0. The van der Waals surface area contributed by atoms with Gasteiger partial charge in [-0.25, -0.2) is 4.98 Å². The standard InChI is InChI=1S/C17H20N2O/c1-3-4-13-19(15-9-6-5-7-10-15)17-16(14(2)20)11-8-12-18-17/h5-12H,3-4,13H2,1-2H3. The molecule has 0 aliphatic heterocycles. The highest BCUT2D eigenvalue weighted by Crippen LogP contribution is 2.27. The van der Waals surface area contributed by atoms with Crippen LogP contribution in [-0.4, -0.2) is 17.3 Å². The maximum absolute atomic E-state index is 11.8. The number of hydrogen-bond donors (Lipinski definition) is 0. The van der Waals surface area contributed by atoms with Crippen LogP contribution in [-0.2, 0) is 0 Å². The number of anilines is 2. The molecule has 1 heterocycles. The van der Waals surface area contributed by atoms with E-state index in [1.165, 1.54) is 0 Å². The first-order valence-electron chi connectivity index (χ1n) is 7.02. The average molecular weight is 268 g/mol. The number of benzene rings is 1. The van der Waals surface area contributed by atoms with Crippen molar-refractivity contribution < 1.29 is 4.79 Å².